The normalized spacial score (nSPS) is 19.3. The zero-order chi connectivity index (χ0) is 18.2. The quantitative estimate of drug-likeness (QED) is 0.580. The highest BCUT2D eigenvalue weighted by Crippen LogP contribution is 2.35. The van der Waals surface area contributed by atoms with Gasteiger partial charge < -0.3 is 20.6 Å². The van der Waals surface area contributed by atoms with E-state index in [1.165, 1.54) is 12.1 Å². The number of carbonyl (C=O) groups is 2. The number of ether oxygens (including phenoxy) is 1. The molecule has 3 rings (SSSR count). The lowest BCUT2D eigenvalue weighted by Gasteiger charge is -2.20. The summed E-state index contributed by atoms with van der Waals surface area (Å²) in [5.74, 6) is -0.779. The maximum Gasteiger partial charge on any atom is 0.266 e. The van der Waals surface area contributed by atoms with E-state index >= 15 is 0 Å². The molecule has 0 aromatic heterocycles. The van der Waals surface area contributed by atoms with Gasteiger partial charge >= 0.3 is 0 Å². The number of halogens is 1. The number of oxime groups is 1. The van der Waals surface area contributed by atoms with Crippen LogP contribution in [0.3, 0.4) is 0 Å². The summed E-state index contributed by atoms with van der Waals surface area (Å²) in [7, 11) is -3.90. The third-order valence-corrected chi connectivity index (χ3v) is 5.86. The van der Waals surface area contributed by atoms with E-state index in [9.17, 15) is 18.0 Å². The van der Waals surface area contributed by atoms with Gasteiger partial charge in [0.1, 0.15) is 17.6 Å². The Bertz CT molecular complexity index is 885. The van der Waals surface area contributed by atoms with Gasteiger partial charge in [-0.2, -0.15) is 0 Å². The van der Waals surface area contributed by atoms with Gasteiger partial charge in [-0.25, -0.2) is 13.1 Å². The number of carbonyl (C=O) groups excluding carboxylic acids is 2. The summed E-state index contributed by atoms with van der Waals surface area (Å²) in [5.41, 5.74) is 5.52. The van der Waals surface area contributed by atoms with Crippen molar-refractivity contribution < 1.29 is 27.6 Å². The molecule has 2 amide bonds. The lowest BCUT2D eigenvalue weighted by atomic mass is 10.2. The van der Waals surface area contributed by atoms with Gasteiger partial charge in [0.25, 0.3) is 11.8 Å². The fourth-order valence-corrected chi connectivity index (χ4v) is 4.37. The van der Waals surface area contributed by atoms with E-state index in [1.54, 1.807) is 0 Å². The van der Waals surface area contributed by atoms with Crippen LogP contribution in [0.5, 0.6) is 5.75 Å². The molecule has 0 saturated carbocycles. The van der Waals surface area contributed by atoms with Crippen LogP contribution in [-0.2, 0) is 24.4 Å². The van der Waals surface area contributed by atoms with E-state index in [-0.39, 0.29) is 46.3 Å². The summed E-state index contributed by atoms with van der Waals surface area (Å²) in [4.78, 5) is 27.2. The first kappa shape index (κ1) is 17.6. The molecule has 0 spiro atoms. The standard InChI is InChI=1S/C13H13BrN4O6S/c14-7-2-8-10(23-5-12(19)17-8)3-11(7)25(21,22)16-4-6-1-9(13(15)20)18-24-6/h2-3,6,16H,1,4-5H2,(H2,15,20)(H,17,19)/t6-/m0/s1. The van der Waals surface area contributed by atoms with Crippen molar-refractivity contribution in [2.24, 2.45) is 10.9 Å². The molecule has 12 heteroatoms. The molecule has 0 radical (unpaired) electrons. The third-order valence-electron chi connectivity index (χ3n) is 3.47. The molecule has 134 valence electrons. The molecule has 2 aliphatic heterocycles. The molecular formula is C13H13BrN4O6S. The molecule has 2 heterocycles. The van der Waals surface area contributed by atoms with E-state index in [4.69, 9.17) is 15.3 Å². The van der Waals surface area contributed by atoms with Crippen LogP contribution in [0.25, 0.3) is 0 Å². The average Bonchev–Trinajstić information content (AvgIpc) is 3.01. The van der Waals surface area contributed by atoms with Crippen LogP contribution >= 0.6 is 15.9 Å². The first-order valence-electron chi connectivity index (χ1n) is 7.04. The molecule has 25 heavy (non-hydrogen) atoms. The third kappa shape index (κ3) is 3.75. The molecule has 0 bridgehead atoms. The Balaban J connectivity index is 1.73. The van der Waals surface area contributed by atoms with Crippen LogP contribution in [0.2, 0.25) is 0 Å². The highest BCUT2D eigenvalue weighted by Gasteiger charge is 2.28. The molecule has 0 unspecified atom stereocenters. The predicted octanol–water partition coefficient (Wildman–Crippen LogP) is -0.312. The Hall–Kier alpha value is -2.18. The van der Waals surface area contributed by atoms with Crippen LogP contribution < -0.4 is 20.5 Å². The van der Waals surface area contributed by atoms with Gasteiger partial charge in [-0.05, 0) is 22.0 Å². The van der Waals surface area contributed by atoms with Crippen molar-refractivity contribution in [3.05, 3.63) is 16.6 Å². The second kappa shape index (κ2) is 6.61. The van der Waals surface area contributed by atoms with Crippen molar-refractivity contribution in [1.29, 1.82) is 0 Å². The summed E-state index contributed by atoms with van der Waals surface area (Å²) in [5, 5.41) is 6.09. The van der Waals surface area contributed by atoms with Crippen molar-refractivity contribution in [2.75, 3.05) is 18.5 Å². The van der Waals surface area contributed by atoms with E-state index in [0.29, 0.717) is 5.69 Å². The zero-order valence-electron chi connectivity index (χ0n) is 12.6. The van der Waals surface area contributed by atoms with Gasteiger partial charge in [-0.15, -0.1) is 0 Å². The molecular weight excluding hydrogens is 420 g/mol. The smallest absolute Gasteiger partial charge is 0.266 e. The highest BCUT2D eigenvalue weighted by molar-refractivity contribution is 9.10. The maximum atomic E-state index is 12.5. The number of nitrogens with two attached hydrogens (primary N) is 1. The second-order valence-electron chi connectivity index (χ2n) is 5.30. The number of sulfonamides is 1. The number of nitrogens with one attached hydrogen (secondary N) is 2. The summed E-state index contributed by atoms with van der Waals surface area (Å²) >= 11 is 3.17. The summed E-state index contributed by atoms with van der Waals surface area (Å²) < 4.78 is 32.9. The summed E-state index contributed by atoms with van der Waals surface area (Å²) in [6, 6.07) is 2.75. The zero-order valence-corrected chi connectivity index (χ0v) is 15.0. The number of hydrogen-bond donors (Lipinski definition) is 3. The number of benzene rings is 1. The molecule has 1 aromatic carbocycles. The topological polar surface area (TPSA) is 149 Å². The Kier molecular flexibility index (Phi) is 4.67. The molecule has 10 nitrogen and oxygen atoms in total. The molecule has 0 saturated heterocycles. The van der Waals surface area contributed by atoms with Crippen LogP contribution in [-0.4, -0.2) is 45.2 Å². The molecule has 1 atom stereocenters. The van der Waals surface area contributed by atoms with Gasteiger partial charge in [0.05, 0.1) is 17.1 Å². The van der Waals surface area contributed by atoms with E-state index < -0.39 is 22.0 Å². The molecule has 2 aliphatic rings. The van der Waals surface area contributed by atoms with Gasteiger partial charge in [0.15, 0.2) is 6.61 Å². The number of nitrogens with zero attached hydrogens (tertiary/aromatic N) is 1. The van der Waals surface area contributed by atoms with Crippen molar-refractivity contribution in [1.82, 2.24) is 4.72 Å². The highest BCUT2D eigenvalue weighted by atomic mass is 79.9. The Morgan fingerprint density at radius 3 is 2.92 bits per heavy atom. The Labute approximate surface area is 150 Å². The average molecular weight is 433 g/mol. The number of primary amides is 1. The first-order valence-corrected chi connectivity index (χ1v) is 9.32. The van der Waals surface area contributed by atoms with Crippen molar-refractivity contribution in [2.45, 2.75) is 17.4 Å². The largest absolute Gasteiger partial charge is 0.482 e. The first-order chi connectivity index (χ1) is 11.8. The summed E-state index contributed by atoms with van der Waals surface area (Å²) in [6.45, 7) is -0.283. The maximum absolute atomic E-state index is 12.5. The van der Waals surface area contributed by atoms with Crippen molar-refractivity contribution in [3.8, 4) is 5.75 Å². The van der Waals surface area contributed by atoms with Crippen LogP contribution in [0.4, 0.5) is 5.69 Å². The monoisotopic (exact) mass is 432 g/mol. The van der Waals surface area contributed by atoms with Gasteiger partial charge in [0.2, 0.25) is 10.0 Å². The predicted molar refractivity (Wildman–Crippen MR) is 89.6 cm³/mol. The number of hydrogen-bond acceptors (Lipinski definition) is 7. The minimum atomic E-state index is -3.90. The Morgan fingerprint density at radius 2 is 2.24 bits per heavy atom. The number of rotatable bonds is 5. The number of amides is 2. The van der Waals surface area contributed by atoms with E-state index in [0.717, 1.165) is 0 Å². The molecule has 0 aliphatic carbocycles. The minimum absolute atomic E-state index is 0.0586. The SMILES string of the molecule is NC(=O)C1=NO[C@H](CNS(=O)(=O)c2cc3c(cc2Br)NC(=O)CO3)C1. The summed E-state index contributed by atoms with van der Waals surface area (Å²) in [6.07, 6.45) is -0.498. The van der Waals surface area contributed by atoms with E-state index in [1.807, 2.05) is 0 Å². The van der Waals surface area contributed by atoms with Gasteiger partial charge in [-0.3, -0.25) is 9.59 Å². The van der Waals surface area contributed by atoms with Crippen LogP contribution in [0, 0.1) is 0 Å². The second-order valence-corrected chi connectivity index (χ2v) is 7.89. The number of anilines is 1. The van der Waals surface area contributed by atoms with E-state index in [2.05, 4.69) is 31.1 Å². The Morgan fingerprint density at radius 1 is 1.48 bits per heavy atom. The molecule has 4 N–H and O–H groups in total. The lowest BCUT2D eigenvalue weighted by Crippen LogP contribution is -2.33. The van der Waals surface area contributed by atoms with Crippen LogP contribution in [0.15, 0.2) is 26.7 Å². The lowest BCUT2D eigenvalue weighted by molar-refractivity contribution is -0.118. The van der Waals surface area contributed by atoms with Crippen LogP contribution in [0.1, 0.15) is 6.42 Å². The van der Waals surface area contributed by atoms with Crippen molar-refractivity contribution >= 4 is 49.2 Å². The van der Waals surface area contributed by atoms with Gasteiger partial charge in [0, 0.05) is 17.0 Å². The molecule has 1 aromatic rings. The fraction of sp³-hybridized carbons (Fsp3) is 0.308. The minimum Gasteiger partial charge on any atom is -0.482 e. The molecule has 0 fully saturated rings. The number of fused-ring (bicyclic) bond motifs is 1. The van der Waals surface area contributed by atoms with Gasteiger partial charge in [-0.1, -0.05) is 5.16 Å². The van der Waals surface area contributed by atoms with Crippen molar-refractivity contribution in [3.63, 3.8) is 0 Å². The fourth-order valence-electron chi connectivity index (χ4n) is 2.25.